The van der Waals surface area contributed by atoms with Gasteiger partial charge >= 0.3 is 0 Å². The Morgan fingerprint density at radius 3 is 2.59 bits per heavy atom. The molecule has 2 aromatic heterocycles. The lowest BCUT2D eigenvalue weighted by molar-refractivity contribution is -0.111. The Hall–Kier alpha value is -3.07. The van der Waals surface area contributed by atoms with Gasteiger partial charge in [-0.3, -0.25) is 9.79 Å². The molecule has 0 aliphatic rings. The normalized spacial score (nSPS) is 13.0. The number of aldehydes is 1. The van der Waals surface area contributed by atoms with Crippen LogP contribution in [0.5, 0.6) is 5.88 Å². The number of nitrogens with one attached hydrogen (secondary N) is 1. The van der Waals surface area contributed by atoms with Gasteiger partial charge in [0, 0.05) is 12.3 Å². The predicted octanol–water partition coefficient (Wildman–Crippen LogP) is 0.448. The molecule has 0 unspecified atom stereocenters. The number of H-pyrrole nitrogens is 1. The first kappa shape index (κ1) is 22.0. The lowest BCUT2D eigenvalue weighted by atomic mass is 10.1. The summed E-state index contributed by atoms with van der Waals surface area (Å²) in [5, 5.41) is 0. The van der Waals surface area contributed by atoms with Gasteiger partial charge in [0.2, 0.25) is 5.88 Å². The average Bonchev–Trinajstić information content (AvgIpc) is 3.03. The first-order valence-electron chi connectivity index (χ1n) is 7.96. The zero-order valence-corrected chi connectivity index (χ0v) is 16.5. The molecule has 9 heteroatoms. The number of methoxy groups -OCH3 is 1. The quantitative estimate of drug-likeness (QED) is 0.437. The number of ether oxygens (including phenoxy) is 1. The Kier molecular flexibility index (Phi) is 8.80. The van der Waals surface area contributed by atoms with Crippen LogP contribution in [-0.4, -0.2) is 41.6 Å². The van der Waals surface area contributed by atoms with Gasteiger partial charge in [0.15, 0.2) is 0 Å². The minimum atomic E-state index is -0.688. The van der Waals surface area contributed by atoms with E-state index in [0.717, 1.165) is 22.9 Å². The highest BCUT2D eigenvalue weighted by atomic mass is 32.1. The number of thiazole rings is 1. The fraction of sp³-hybridized carbons (Fsp3) is 0.278. The maximum atomic E-state index is 11.6. The van der Waals surface area contributed by atoms with Gasteiger partial charge in [0.25, 0.3) is 5.56 Å². The molecule has 0 spiro atoms. The molecule has 2 aromatic rings. The molecule has 0 radical (unpaired) electrons. The molecule has 3 N–H and O–H groups in total. The van der Waals surface area contributed by atoms with Crippen molar-refractivity contribution in [2.75, 3.05) is 7.11 Å². The van der Waals surface area contributed by atoms with Crippen LogP contribution in [-0.2, 0) is 4.79 Å². The Morgan fingerprint density at radius 2 is 2.11 bits per heavy atom. The topological polar surface area (TPSA) is 123 Å². The number of nitrogens with zero attached hydrogens (tertiary/aromatic N) is 3. The van der Waals surface area contributed by atoms with Crippen LogP contribution in [0, 0.1) is 0 Å². The summed E-state index contributed by atoms with van der Waals surface area (Å²) in [6.07, 6.45) is 8.47. The fourth-order valence-electron chi connectivity index (χ4n) is 1.59. The van der Waals surface area contributed by atoms with Crippen molar-refractivity contribution >= 4 is 42.5 Å². The monoisotopic (exact) mass is 389 g/mol. The minimum absolute atomic E-state index is 0.0704. The lowest BCUT2D eigenvalue weighted by Gasteiger charge is -2.07. The Balaban J connectivity index is 0.000000314. The Bertz CT molecular complexity index is 956. The summed E-state index contributed by atoms with van der Waals surface area (Å²) in [5.41, 5.74) is 5.05. The van der Waals surface area contributed by atoms with Crippen molar-refractivity contribution in [2.24, 2.45) is 15.7 Å². The summed E-state index contributed by atoms with van der Waals surface area (Å²) in [6, 6.07) is 3.63. The number of hydrogen-bond acceptors (Lipinski definition) is 6. The van der Waals surface area contributed by atoms with E-state index in [1.165, 1.54) is 17.7 Å². The van der Waals surface area contributed by atoms with Gasteiger partial charge in [0.05, 0.1) is 22.6 Å². The van der Waals surface area contributed by atoms with Crippen LogP contribution in [0.15, 0.2) is 33.1 Å². The lowest BCUT2D eigenvalue weighted by Crippen LogP contribution is -2.19. The second-order valence-electron chi connectivity index (χ2n) is 5.67. The van der Waals surface area contributed by atoms with Gasteiger partial charge < -0.3 is 20.2 Å². The molecular weight excluding hydrogens is 366 g/mol. The number of aliphatic imine (C=N–C) groups is 2. The first-order chi connectivity index (χ1) is 12.8. The van der Waals surface area contributed by atoms with E-state index >= 15 is 0 Å². The second-order valence-corrected chi connectivity index (χ2v) is 6.75. The highest BCUT2D eigenvalue weighted by Gasteiger charge is 2.11. The summed E-state index contributed by atoms with van der Waals surface area (Å²) < 4.78 is 6.50. The molecule has 0 amide bonds. The molecule has 8 nitrogen and oxygen atoms in total. The average molecular weight is 389 g/mol. The van der Waals surface area contributed by atoms with Crippen LogP contribution in [0.2, 0.25) is 0 Å². The van der Waals surface area contributed by atoms with E-state index in [2.05, 4.69) is 20.0 Å². The molecule has 2 rings (SSSR count). The van der Waals surface area contributed by atoms with Crippen LogP contribution < -0.4 is 25.2 Å². The molecule has 0 aliphatic carbocycles. The van der Waals surface area contributed by atoms with E-state index in [9.17, 15) is 9.59 Å². The van der Waals surface area contributed by atoms with Crippen molar-refractivity contribution in [3.63, 3.8) is 0 Å². The zero-order valence-electron chi connectivity index (χ0n) is 15.7. The van der Waals surface area contributed by atoms with Crippen molar-refractivity contribution in [1.82, 2.24) is 9.97 Å². The smallest absolute Gasteiger partial charge is 0.266 e. The third-order valence-electron chi connectivity index (χ3n) is 3.04. The molecule has 144 valence electrons. The zero-order chi connectivity index (χ0) is 20.3. The molecule has 2 heterocycles. The van der Waals surface area contributed by atoms with E-state index in [4.69, 9.17) is 10.5 Å². The molecule has 0 aromatic carbocycles. The molecule has 0 saturated heterocycles. The molecular formula is C18H23N5O3S. The summed E-state index contributed by atoms with van der Waals surface area (Å²) in [4.78, 5) is 36.0. The summed E-state index contributed by atoms with van der Waals surface area (Å²) in [6.45, 7) is 5.26. The number of aromatic nitrogens is 2. The van der Waals surface area contributed by atoms with Crippen molar-refractivity contribution < 1.29 is 9.53 Å². The van der Waals surface area contributed by atoms with Crippen LogP contribution in [0.3, 0.4) is 0 Å². The summed E-state index contributed by atoms with van der Waals surface area (Å²) in [5.74, 6) is 0.560. The third kappa shape index (κ3) is 7.78. The second kappa shape index (κ2) is 10.8. The molecule has 0 aliphatic heterocycles. The maximum absolute atomic E-state index is 11.6. The number of carbonyl (C=O) groups excluding carboxylic acids is 1. The van der Waals surface area contributed by atoms with Crippen LogP contribution in [0.4, 0.5) is 0 Å². The summed E-state index contributed by atoms with van der Waals surface area (Å²) in [7, 11) is 1.57. The van der Waals surface area contributed by atoms with Crippen molar-refractivity contribution in [3.05, 3.63) is 43.4 Å². The van der Waals surface area contributed by atoms with Crippen LogP contribution in [0.1, 0.15) is 26.3 Å². The highest BCUT2D eigenvalue weighted by molar-refractivity contribution is 7.07. The molecule has 27 heavy (non-hydrogen) atoms. The number of carbonyl (C=O) groups is 1. The Morgan fingerprint density at radius 1 is 1.37 bits per heavy atom. The van der Waals surface area contributed by atoms with Gasteiger partial charge in [0.1, 0.15) is 18.2 Å². The van der Waals surface area contributed by atoms with Crippen LogP contribution >= 0.6 is 11.3 Å². The molecule has 0 bridgehead atoms. The van der Waals surface area contributed by atoms with E-state index in [1.54, 1.807) is 33.2 Å². The number of hydrogen-bond donors (Lipinski definition) is 2. The standard InChI is InChI=1S/C12H12N2O2S.C6H11N3O/c1-3-11-14-12(15)9(17-11)6-8-4-5-10(16-2)13-7-8;1-6(2,3-10)9-5-8-4-7/h3-7H,1-2H3,(H,14,15);3-5H,1-2H3,(H2,7,8,9)/b9-6-,11-3+;. The predicted molar refractivity (Wildman–Crippen MR) is 110 cm³/mol. The van der Waals surface area contributed by atoms with E-state index in [0.29, 0.717) is 10.4 Å². The molecule has 0 fully saturated rings. The van der Waals surface area contributed by atoms with Gasteiger partial charge in [-0.2, -0.15) is 0 Å². The fourth-order valence-corrected chi connectivity index (χ4v) is 2.43. The molecule has 0 atom stereocenters. The highest BCUT2D eigenvalue weighted by Crippen LogP contribution is 2.06. The van der Waals surface area contributed by atoms with Crippen molar-refractivity contribution in [2.45, 2.75) is 26.3 Å². The van der Waals surface area contributed by atoms with Gasteiger partial charge in [-0.15, -0.1) is 11.3 Å². The minimum Gasteiger partial charge on any atom is -0.481 e. The van der Waals surface area contributed by atoms with E-state index in [-0.39, 0.29) is 5.56 Å². The van der Waals surface area contributed by atoms with Gasteiger partial charge in [-0.25, -0.2) is 9.98 Å². The summed E-state index contributed by atoms with van der Waals surface area (Å²) >= 11 is 1.43. The first-order valence-corrected chi connectivity index (χ1v) is 8.77. The molecule has 0 saturated carbocycles. The number of aromatic amines is 1. The number of rotatable bonds is 5. The largest absolute Gasteiger partial charge is 0.481 e. The van der Waals surface area contributed by atoms with E-state index < -0.39 is 5.54 Å². The SMILES string of the molecule is C/C=c1\[nH]c(=O)/c(=C/c2ccc(OC)nc2)s1.CC(C)(C=O)N=CN=CN. The van der Waals surface area contributed by atoms with E-state index in [1.807, 2.05) is 25.1 Å². The van der Waals surface area contributed by atoms with Gasteiger partial charge in [-0.1, -0.05) is 6.08 Å². The maximum Gasteiger partial charge on any atom is 0.266 e. The van der Waals surface area contributed by atoms with Crippen molar-refractivity contribution in [3.8, 4) is 5.88 Å². The third-order valence-corrected chi connectivity index (χ3v) is 4.12. The Labute approximate surface area is 160 Å². The number of pyridine rings is 1. The number of nitrogens with two attached hydrogens (primary N) is 1. The van der Waals surface area contributed by atoms with Crippen molar-refractivity contribution in [1.29, 1.82) is 0 Å². The van der Waals surface area contributed by atoms with Gasteiger partial charge in [-0.05, 0) is 38.5 Å². The van der Waals surface area contributed by atoms with Crippen LogP contribution in [0.25, 0.3) is 12.2 Å².